The normalized spacial score (nSPS) is 12.0. The van der Waals surface area contributed by atoms with Crippen LogP contribution in [0.4, 0.5) is 0 Å². The molecule has 0 unspecified atom stereocenters. The minimum atomic E-state index is 0.669. The second kappa shape index (κ2) is 4.84. The fraction of sp³-hybridized carbons (Fsp3) is 0.250. The van der Waals surface area contributed by atoms with Gasteiger partial charge in [-0.3, -0.25) is 4.40 Å². The third-order valence-electron chi connectivity index (χ3n) is 4.34. The van der Waals surface area contributed by atoms with Crippen molar-refractivity contribution in [2.24, 2.45) is 5.92 Å². The van der Waals surface area contributed by atoms with Crippen molar-refractivity contribution in [2.45, 2.75) is 27.2 Å². The number of benzene rings is 2. The number of nitrogens with zero attached hydrogens (tertiary/aromatic N) is 2. The maximum atomic E-state index is 4.63. The third-order valence-corrected chi connectivity index (χ3v) is 4.34. The van der Waals surface area contributed by atoms with Gasteiger partial charge in [-0.1, -0.05) is 44.2 Å². The van der Waals surface area contributed by atoms with E-state index in [2.05, 4.69) is 72.6 Å². The van der Waals surface area contributed by atoms with Crippen LogP contribution in [0.1, 0.15) is 25.1 Å². The second-order valence-electron chi connectivity index (χ2n) is 6.55. The van der Waals surface area contributed by atoms with Gasteiger partial charge in [0.1, 0.15) is 5.65 Å². The van der Waals surface area contributed by atoms with Crippen molar-refractivity contribution in [3.63, 3.8) is 0 Å². The fourth-order valence-corrected chi connectivity index (χ4v) is 3.44. The molecule has 2 heterocycles. The predicted octanol–water partition coefficient (Wildman–Crippen LogP) is 5.15. The molecule has 0 bridgehead atoms. The summed E-state index contributed by atoms with van der Waals surface area (Å²) in [7, 11) is 0. The van der Waals surface area contributed by atoms with Crippen LogP contribution in [0.3, 0.4) is 0 Å². The molecule has 22 heavy (non-hydrogen) atoms. The van der Waals surface area contributed by atoms with E-state index in [-0.39, 0.29) is 0 Å². The fourth-order valence-electron chi connectivity index (χ4n) is 3.44. The summed E-state index contributed by atoms with van der Waals surface area (Å²) in [6.07, 6.45) is 3.08. The van der Waals surface area contributed by atoms with Gasteiger partial charge in [0.05, 0.1) is 5.52 Å². The first-order valence-corrected chi connectivity index (χ1v) is 7.92. The van der Waals surface area contributed by atoms with Gasteiger partial charge < -0.3 is 0 Å². The van der Waals surface area contributed by atoms with Crippen molar-refractivity contribution in [2.75, 3.05) is 0 Å². The molecular weight excluding hydrogens is 268 g/mol. The lowest BCUT2D eigenvalue weighted by Crippen LogP contribution is -1.97. The Morgan fingerprint density at radius 1 is 1.00 bits per heavy atom. The summed E-state index contributed by atoms with van der Waals surface area (Å²) in [5.41, 5.74) is 4.89. The first kappa shape index (κ1) is 13.3. The molecule has 4 rings (SSSR count). The summed E-state index contributed by atoms with van der Waals surface area (Å²) in [5.74, 6) is 0.669. The molecule has 2 nitrogen and oxygen atoms in total. The van der Waals surface area contributed by atoms with Crippen molar-refractivity contribution in [3.8, 4) is 0 Å². The summed E-state index contributed by atoms with van der Waals surface area (Å²) < 4.78 is 2.27. The lowest BCUT2D eigenvalue weighted by Gasteiger charge is -2.12. The Kier molecular flexibility index (Phi) is 2.93. The van der Waals surface area contributed by atoms with Gasteiger partial charge in [0.15, 0.2) is 0 Å². The molecule has 110 valence electrons. The van der Waals surface area contributed by atoms with Crippen LogP contribution in [0.2, 0.25) is 0 Å². The molecule has 0 spiro atoms. The smallest absolute Gasteiger partial charge is 0.145 e. The maximum Gasteiger partial charge on any atom is 0.145 e. The van der Waals surface area contributed by atoms with E-state index < -0.39 is 0 Å². The van der Waals surface area contributed by atoms with Crippen LogP contribution in [0.25, 0.3) is 27.3 Å². The number of fused-ring (bicyclic) bond motifs is 6. The molecule has 0 aliphatic carbocycles. The Bertz CT molecular complexity index is 993. The molecule has 0 aliphatic heterocycles. The van der Waals surface area contributed by atoms with Gasteiger partial charge in [-0.25, -0.2) is 4.98 Å². The average molecular weight is 288 g/mol. The minimum Gasteiger partial charge on any atom is -0.296 e. The second-order valence-corrected chi connectivity index (χ2v) is 6.55. The SMILES string of the molecule is Cc1cnc2c3ccccc3c3cc(CC(C)C)ccc3n12. The number of aromatic nitrogens is 2. The molecule has 2 heteroatoms. The largest absolute Gasteiger partial charge is 0.296 e. The van der Waals surface area contributed by atoms with Gasteiger partial charge in [0.2, 0.25) is 0 Å². The van der Waals surface area contributed by atoms with Crippen LogP contribution in [0.5, 0.6) is 0 Å². The minimum absolute atomic E-state index is 0.669. The first-order chi connectivity index (χ1) is 10.6. The molecule has 4 aromatic rings. The zero-order valence-electron chi connectivity index (χ0n) is 13.3. The van der Waals surface area contributed by atoms with Crippen molar-refractivity contribution in [3.05, 3.63) is 59.9 Å². The van der Waals surface area contributed by atoms with E-state index in [9.17, 15) is 0 Å². The van der Waals surface area contributed by atoms with Crippen molar-refractivity contribution < 1.29 is 0 Å². The first-order valence-electron chi connectivity index (χ1n) is 7.92. The topological polar surface area (TPSA) is 17.3 Å². The highest BCUT2D eigenvalue weighted by atomic mass is 15.0. The van der Waals surface area contributed by atoms with Gasteiger partial charge in [0.25, 0.3) is 0 Å². The number of rotatable bonds is 2. The quantitative estimate of drug-likeness (QED) is 0.466. The average Bonchev–Trinajstić information content (AvgIpc) is 2.89. The zero-order valence-corrected chi connectivity index (χ0v) is 13.3. The van der Waals surface area contributed by atoms with Gasteiger partial charge >= 0.3 is 0 Å². The van der Waals surface area contributed by atoms with Crippen molar-refractivity contribution in [1.29, 1.82) is 0 Å². The molecule has 0 radical (unpaired) electrons. The van der Waals surface area contributed by atoms with Crippen molar-refractivity contribution >= 4 is 27.3 Å². The Hall–Kier alpha value is -2.35. The molecule has 0 atom stereocenters. The molecule has 0 N–H and O–H groups in total. The molecular formula is C20H20N2. The highest BCUT2D eigenvalue weighted by Crippen LogP contribution is 2.30. The number of aryl methyl sites for hydroxylation is 1. The van der Waals surface area contributed by atoms with E-state index in [4.69, 9.17) is 0 Å². The van der Waals surface area contributed by atoms with E-state index >= 15 is 0 Å². The molecule has 0 fully saturated rings. The number of imidazole rings is 1. The molecule has 0 saturated heterocycles. The molecule has 0 aliphatic rings. The third kappa shape index (κ3) is 1.91. The summed E-state index contributed by atoms with van der Waals surface area (Å²) in [4.78, 5) is 4.63. The van der Waals surface area contributed by atoms with E-state index in [0.717, 1.165) is 12.1 Å². The van der Waals surface area contributed by atoms with Crippen LogP contribution in [-0.4, -0.2) is 9.38 Å². The number of pyridine rings is 1. The van der Waals surface area contributed by atoms with E-state index in [1.165, 1.54) is 32.9 Å². The summed E-state index contributed by atoms with van der Waals surface area (Å²) >= 11 is 0. The van der Waals surface area contributed by atoms with Crippen LogP contribution in [-0.2, 0) is 6.42 Å². The predicted molar refractivity (Wildman–Crippen MR) is 93.5 cm³/mol. The van der Waals surface area contributed by atoms with E-state index in [1.807, 2.05) is 6.20 Å². The van der Waals surface area contributed by atoms with Crippen LogP contribution < -0.4 is 0 Å². The Balaban J connectivity index is 2.18. The maximum absolute atomic E-state index is 4.63. The zero-order chi connectivity index (χ0) is 15.3. The molecule has 0 saturated carbocycles. The lowest BCUT2D eigenvalue weighted by molar-refractivity contribution is 0.648. The van der Waals surface area contributed by atoms with Gasteiger partial charge in [-0.05, 0) is 42.3 Å². The van der Waals surface area contributed by atoms with Gasteiger partial charge in [-0.15, -0.1) is 0 Å². The summed E-state index contributed by atoms with van der Waals surface area (Å²) in [6, 6.07) is 15.5. The number of hydrogen-bond donors (Lipinski definition) is 0. The van der Waals surface area contributed by atoms with Crippen LogP contribution >= 0.6 is 0 Å². The van der Waals surface area contributed by atoms with Crippen LogP contribution in [0.15, 0.2) is 48.7 Å². The van der Waals surface area contributed by atoms with Crippen LogP contribution in [0, 0.1) is 12.8 Å². The summed E-state index contributed by atoms with van der Waals surface area (Å²) in [5, 5.41) is 3.84. The Morgan fingerprint density at radius 3 is 2.55 bits per heavy atom. The summed E-state index contributed by atoms with van der Waals surface area (Å²) in [6.45, 7) is 6.66. The molecule has 0 amide bonds. The highest BCUT2D eigenvalue weighted by Gasteiger charge is 2.11. The lowest BCUT2D eigenvalue weighted by atomic mass is 9.98. The van der Waals surface area contributed by atoms with Crippen molar-refractivity contribution in [1.82, 2.24) is 9.38 Å². The molecule has 2 aromatic heterocycles. The number of hydrogen-bond acceptors (Lipinski definition) is 1. The Labute approximate surface area is 130 Å². The van der Waals surface area contributed by atoms with Gasteiger partial charge in [-0.2, -0.15) is 0 Å². The Morgan fingerprint density at radius 2 is 1.77 bits per heavy atom. The highest BCUT2D eigenvalue weighted by molar-refractivity contribution is 6.11. The van der Waals surface area contributed by atoms with Gasteiger partial charge in [0, 0.05) is 22.7 Å². The van der Waals surface area contributed by atoms with E-state index in [0.29, 0.717) is 5.92 Å². The monoisotopic (exact) mass is 288 g/mol. The standard InChI is InChI=1S/C20H20N2/c1-13(2)10-15-8-9-19-18(11-15)16-6-4-5-7-17(16)20-21-12-14(3)22(19)20/h4-9,11-13H,10H2,1-3H3. The van der Waals surface area contributed by atoms with E-state index in [1.54, 1.807) is 0 Å². The molecule has 2 aromatic carbocycles.